The fraction of sp³-hybridized carbons (Fsp3) is 0.190. The minimum atomic E-state index is 0.0300. The Hall–Kier alpha value is -2.57. The van der Waals surface area contributed by atoms with Crippen molar-refractivity contribution >= 4 is 28.7 Å². The Morgan fingerprint density at radius 1 is 1.11 bits per heavy atom. The largest absolute Gasteiger partial charge is 0.454 e. The second-order valence-electron chi connectivity index (χ2n) is 6.37. The lowest BCUT2D eigenvalue weighted by atomic mass is 10.0. The smallest absolute Gasteiger partial charge is 0.231 e. The minimum Gasteiger partial charge on any atom is -0.454 e. The Morgan fingerprint density at radius 2 is 1.93 bits per heavy atom. The van der Waals surface area contributed by atoms with Crippen LogP contribution in [0.2, 0.25) is 0 Å². The van der Waals surface area contributed by atoms with Crippen molar-refractivity contribution in [3.05, 3.63) is 81.5 Å². The van der Waals surface area contributed by atoms with Crippen molar-refractivity contribution in [1.82, 2.24) is 10.6 Å². The molecule has 0 bridgehead atoms. The highest BCUT2D eigenvalue weighted by molar-refractivity contribution is 7.80. The van der Waals surface area contributed by atoms with Gasteiger partial charge in [-0.2, -0.15) is 0 Å². The van der Waals surface area contributed by atoms with E-state index < -0.39 is 0 Å². The van der Waals surface area contributed by atoms with E-state index in [1.54, 1.807) is 11.3 Å². The monoisotopic (exact) mass is 396 g/mol. The molecular weight excluding hydrogens is 376 g/mol. The molecule has 1 aliphatic heterocycles. The van der Waals surface area contributed by atoms with E-state index in [1.165, 1.54) is 16.0 Å². The Labute approximate surface area is 168 Å². The maximum absolute atomic E-state index is 5.55. The van der Waals surface area contributed by atoms with Gasteiger partial charge >= 0.3 is 0 Å². The first-order valence-corrected chi connectivity index (χ1v) is 10.0. The SMILES string of the molecule is Cc1ccc([C@H](NC(=S)NCc2ccc3c(c2)OCO3)c2cccs2)cc1. The molecule has 0 unspecified atom stereocenters. The predicted octanol–water partition coefficient (Wildman–Crippen LogP) is 4.54. The van der Waals surface area contributed by atoms with Gasteiger partial charge in [0.2, 0.25) is 6.79 Å². The average molecular weight is 397 g/mol. The van der Waals surface area contributed by atoms with Crippen LogP contribution in [-0.2, 0) is 6.54 Å². The topological polar surface area (TPSA) is 42.5 Å². The highest BCUT2D eigenvalue weighted by Gasteiger charge is 2.17. The average Bonchev–Trinajstić information content (AvgIpc) is 3.36. The zero-order chi connectivity index (χ0) is 18.6. The van der Waals surface area contributed by atoms with Crippen LogP contribution in [0.3, 0.4) is 0 Å². The second-order valence-corrected chi connectivity index (χ2v) is 7.76. The fourth-order valence-corrected chi connectivity index (χ4v) is 3.94. The molecule has 0 aliphatic carbocycles. The number of nitrogens with one attached hydrogen (secondary N) is 2. The lowest BCUT2D eigenvalue weighted by Crippen LogP contribution is -2.37. The third kappa shape index (κ3) is 4.23. The molecule has 0 saturated carbocycles. The van der Waals surface area contributed by atoms with Crippen LogP contribution in [0.15, 0.2) is 60.0 Å². The van der Waals surface area contributed by atoms with Crippen LogP contribution in [0.25, 0.3) is 0 Å². The van der Waals surface area contributed by atoms with Crippen molar-refractivity contribution in [3.63, 3.8) is 0 Å². The molecule has 1 atom stereocenters. The first-order valence-electron chi connectivity index (χ1n) is 8.72. The quantitative estimate of drug-likeness (QED) is 0.620. The summed E-state index contributed by atoms with van der Waals surface area (Å²) in [5.41, 5.74) is 3.52. The van der Waals surface area contributed by atoms with Crippen LogP contribution < -0.4 is 20.1 Å². The third-order valence-electron chi connectivity index (χ3n) is 4.40. The summed E-state index contributed by atoms with van der Waals surface area (Å²) in [7, 11) is 0. The molecule has 0 saturated heterocycles. The highest BCUT2D eigenvalue weighted by atomic mass is 32.1. The highest BCUT2D eigenvalue weighted by Crippen LogP contribution is 2.32. The number of benzene rings is 2. The number of fused-ring (bicyclic) bond motifs is 1. The van der Waals surface area contributed by atoms with E-state index in [1.807, 2.05) is 18.2 Å². The standard InChI is InChI=1S/C21H20N2O2S2/c1-14-4-7-16(8-5-14)20(19-3-2-10-27-19)23-21(26)22-12-15-6-9-17-18(11-15)25-13-24-17/h2-11,20H,12-13H2,1H3,(H2,22,23,26)/t20-/m0/s1. The summed E-state index contributed by atoms with van der Waals surface area (Å²) in [6, 6.07) is 18.7. The number of hydrogen-bond donors (Lipinski definition) is 2. The molecule has 138 valence electrons. The van der Waals surface area contributed by atoms with Crippen LogP contribution in [0, 0.1) is 6.92 Å². The van der Waals surface area contributed by atoms with Gasteiger partial charge in [-0.1, -0.05) is 42.0 Å². The molecule has 0 radical (unpaired) electrons. The Kier molecular flexibility index (Phi) is 5.27. The molecule has 2 N–H and O–H groups in total. The van der Waals surface area contributed by atoms with E-state index in [2.05, 4.69) is 59.3 Å². The third-order valence-corrected chi connectivity index (χ3v) is 5.60. The molecular formula is C21H20N2O2S2. The zero-order valence-corrected chi connectivity index (χ0v) is 16.5. The second kappa shape index (κ2) is 7.98. The molecule has 2 aromatic carbocycles. The summed E-state index contributed by atoms with van der Waals surface area (Å²) >= 11 is 7.27. The van der Waals surface area contributed by atoms with Crippen LogP contribution in [0.5, 0.6) is 11.5 Å². The summed E-state index contributed by atoms with van der Waals surface area (Å²) in [5, 5.41) is 9.45. The summed E-state index contributed by atoms with van der Waals surface area (Å²) in [4.78, 5) is 1.23. The number of thiocarbonyl (C=S) groups is 1. The maximum atomic E-state index is 5.55. The van der Waals surface area contributed by atoms with Gasteiger partial charge in [-0.25, -0.2) is 0 Å². The van der Waals surface area contributed by atoms with Gasteiger partial charge in [0.25, 0.3) is 0 Å². The van der Waals surface area contributed by atoms with Crippen LogP contribution >= 0.6 is 23.6 Å². The van der Waals surface area contributed by atoms with Gasteiger partial charge in [0, 0.05) is 11.4 Å². The van der Waals surface area contributed by atoms with E-state index in [4.69, 9.17) is 21.7 Å². The molecule has 4 rings (SSSR count). The van der Waals surface area contributed by atoms with Gasteiger partial charge in [-0.05, 0) is 53.8 Å². The van der Waals surface area contributed by atoms with E-state index in [9.17, 15) is 0 Å². The normalized spacial score (nSPS) is 13.2. The van der Waals surface area contributed by atoms with Gasteiger partial charge in [-0.3, -0.25) is 0 Å². The van der Waals surface area contributed by atoms with Crippen molar-refractivity contribution in [3.8, 4) is 11.5 Å². The molecule has 1 aliphatic rings. The molecule has 0 amide bonds. The fourth-order valence-electron chi connectivity index (χ4n) is 2.95. The predicted molar refractivity (Wildman–Crippen MR) is 112 cm³/mol. The molecule has 0 fully saturated rings. The zero-order valence-electron chi connectivity index (χ0n) is 14.9. The molecule has 3 aromatic rings. The first kappa shape index (κ1) is 17.8. The molecule has 6 heteroatoms. The molecule has 4 nitrogen and oxygen atoms in total. The Balaban J connectivity index is 1.43. The minimum absolute atomic E-state index is 0.0300. The molecule has 27 heavy (non-hydrogen) atoms. The Bertz CT molecular complexity index is 924. The number of rotatable bonds is 5. The van der Waals surface area contributed by atoms with Crippen molar-refractivity contribution in [2.24, 2.45) is 0 Å². The van der Waals surface area contributed by atoms with Gasteiger partial charge in [0.05, 0.1) is 6.04 Å². The van der Waals surface area contributed by atoms with E-state index in [-0.39, 0.29) is 12.8 Å². The number of ether oxygens (including phenoxy) is 2. The number of aryl methyl sites for hydroxylation is 1. The van der Waals surface area contributed by atoms with Crippen molar-refractivity contribution in [2.75, 3.05) is 6.79 Å². The molecule has 0 spiro atoms. The van der Waals surface area contributed by atoms with Gasteiger partial charge in [0.1, 0.15) is 0 Å². The van der Waals surface area contributed by atoms with Gasteiger partial charge in [0.15, 0.2) is 16.6 Å². The molecule has 2 heterocycles. The Morgan fingerprint density at radius 3 is 2.70 bits per heavy atom. The van der Waals surface area contributed by atoms with Gasteiger partial charge in [-0.15, -0.1) is 11.3 Å². The van der Waals surface area contributed by atoms with E-state index >= 15 is 0 Å². The van der Waals surface area contributed by atoms with Crippen LogP contribution in [0.1, 0.15) is 27.6 Å². The lowest BCUT2D eigenvalue weighted by molar-refractivity contribution is 0.174. The van der Waals surface area contributed by atoms with E-state index in [0.717, 1.165) is 17.1 Å². The maximum Gasteiger partial charge on any atom is 0.231 e. The summed E-state index contributed by atoms with van der Waals surface area (Å²) in [6.07, 6.45) is 0. The molecule has 1 aromatic heterocycles. The first-order chi connectivity index (χ1) is 13.2. The van der Waals surface area contributed by atoms with Crippen LogP contribution in [0.4, 0.5) is 0 Å². The number of hydrogen-bond acceptors (Lipinski definition) is 4. The van der Waals surface area contributed by atoms with Crippen molar-refractivity contribution < 1.29 is 9.47 Å². The summed E-state index contributed by atoms with van der Waals surface area (Å²) < 4.78 is 10.8. The van der Waals surface area contributed by atoms with E-state index in [0.29, 0.717) is 11.7 Å². The number of thiophene rings is 1. The van der Waals surface area contributed by atoms with Crippen molar-refractivity contribution in [2.45, 2.75) is 19.5 Å². The van der Waals surface area contributed by atoms with Gasteiger partial charge < -0.3 is 20.1 Å². The van der Waals surface area contributed by atoms with Crippen molar-refractivity contribution in [1.29, 1.82) is 0 Å². The summed E-state index contributed by atoms with van der Waals surface area (Å²) in [6.45, 7) is 2.99. The van der Waals surface area contributed by atoms with Crippen LogP contribution in [-0.4, -0.2) is 11.9 Å². The summed E-state index contributed by atoms with van der Waals surface area (Å²) in [5.74, 6) is 1.57. The lowest BCUT2D eigenvalue weighted by Gasteiger charge is -2.21.